The number of amides is 1. The first-order valence-corrected chi connectivity index (χ1v) is 14.0. The fourth-order valence-corrected chi connectivity index (χ4v) is 4.73. The lowest BCUT2D eigenvalue weighted by atomic mass is 9.99. The van der Waals surface area contributed by atoms with Crippen LogP contribution in [0.15, 0.2) is 102 Å². The number of rotatable bonds is 12. The number of hydrogen-bond donors (Lipinski definition) is 2. The van der Waals surface area contributed by atoms with E-state index < -0.39 is 17.9 Å². The highest BCUT2D eigenvalue weighted by molar-refractivity contribution is 9.10. The second-order valence-electron chi connectivity index (χ2n) is 9.53. The minimum Gasteiger partial charge on any atom is -0.490 e. The Hall–Kier alpha value is -4.10. The molecule has 2 atom stereocenters. The van der Waals surface area contributed by atoms with Gasteiger partial charge < -0.3 is 19.9 Å². The van der Waals surface area contributed by atoms with Crippen molar-refractivity contribution in [3.05, 3.63) is 113 Å². The molecule has 7 heteroatoms. The van der Waals surface area contributed by atoms with E-state index in [1.54, 1.807) is 18.2 Å². The van der Waals surface area contributed by atoms with Crippen molar-refractivity contribution in [1.29, 1.82) is 0 Å². The Kier molecular flexibility index (Phi) is 9.97. The maximum atomic E-state index is 13.2. The molecule has 206 valence electrons. The van der Waals surface area contributed by atoms with Gasteiger partial charge in [0.2, 0.25) is 0 Å². The SMILES string of the molecule is CCCC(C)Oc1ccc(Br)cc1C(=O)N[C@@H](Cc1ccc(-c2ccccc2Oc2ccccc2)cc1)C(=O)O. The van der Waals surface area contributed by atoms with Crippen LogP contribution in [0.2, 0.25) is 0 Å². The molecule has 0 saturated heterocycles. The Labute approximate surface area is 243 Å². The number of benzene rings is 4. The van der Waals surface area contributed by atoms with E-state index in [4.69, 9.17) is 9.47 Å². The summed E-state index contributed by atoms with van der Waals surface area (Å²) in [5, 5.41) is 12.6. The van der Waals surface area contributed by atoms with E-state index >= 15 is 0 Å². The van der Waals surface area contributed by atoms with Crippen LogP contribution in [0, 0.1) is 0 Å². The summed E-state index contributed by atoms with van der Waals surface area (Å²) in [6.07, 6.45) is 1.84. The summed E-state index contributed by atoms with van der Waals surface area (Å²) in [6.45, 7) is 4.01. The molecular formula is C33H32BrNO5. The zero-order chi connectivity index (χ0) is 28.5. The minimum atomic E-state index is -1.12. The highest BCUT2D eigenvalue weighted by Gasteiger charge is 2.24. The third kappa shape index (κ3) is 7.73. The zero-order valence-corrected chi connectivity index (χ0v) is 24.1. The fourth-order valence-electron chi connectivity index (χ4n) is 4.37. The van der Waals surface area contributed by atoms with Crippen molar-refractivity contribution in [2.75, 3.05) is 0 Å². The number of carbonyl (C=O) groups excluding carboxylic acids is 1. The van der Waals surface area contributed by atoms with E-state index in [1.165, 1.54) is 0 Å². The summed E-state index contributed by atoms with van der Waals surface area (Å²) < 4.78 is 12.8. The van der Waals surface area contributed by atoms with Crippen LogP contribution in [0.1, 0.15) is 42.6 Å². The molecule has 0 aliphatic carbocycles. The molecule has 4 aromatic rings. The molecule has 0 saturated carbocycles. The second kappa shape index (κ2) is 13.8. The normalized spacial score (nSPS) is 12.3. The number of carbonyl (C=O) groups is 2. The topological polar surface area (TPSA) is 84.9 Å². The van der Waals surface area contributed by atoms with Gasteiger partial charge in [0.1, 0.15) is 23.3 Å². The number of aliphatic carboxylic acids is 1. The molecule has 0 spiro atoms. The third-order valence-electron chi connectivity index (χ3n) is 6.38. The van der Waals surface area contributed by atoms with Gasteiger partial charge in [-0.05, 0) is 60.9 Å². The molecule has 0 aromatic heterocycles. The molecule has 1 unspecified atom stereocenters. The Morgan fingerprint density at radius 2 is 1.60 bits per heavy atom. The van der Waals surface area contributed by atoms with Crippen LogP contribution in [-0.4, -0.2) is 29.1 Å². The van der Waals surface area contributed by atoms with Crippen molar-refractivity contribution >= 4 is 27.8 Å². The Morgan fingerprint density at radius 3 is 2.30 bits per heavy atom. The third-order valence-corrected chi connectivity index (χ3v) is 6.87. The van der Waals surface area contributed by atoms with Crippen molar-refractivity contribution in [1.82, 2.24) is 5.32 Å². The van der Waals surface area contributed by atoms with Gasteiger partial charge in [0.05, 0.1) is 11.7 Å². The van der Waals surface area contributed by atoms with Crippen LogP contribution >= 0.6 is 15.9 Å². The summed E-state index contributed by atoms with van der Waals surface area (Å²) in [7, 11) is 0. The molecule has 1 amide bonds. The average molecular weight is 603 g/mol. The van der Waals surface area contributed by atoms with Crippen LogP contribution in [0.5, 0.6) is 17.2 Å². The molecule has 2 N–H and O–H groups in total. The minimum absolute atomic E-state index is 0.0743. The van der Waals surface area contributed by atoms with Crippen LogP contribution in [-0.2, 0) is 11.2 Å². The molecular weight excluding hydrogens is 570 g/mol. The maximum absolute atomic E-state index is 13.2. The Bertz CT molecular complexity index is 1440. The number of halogens is 1. The van der Waals surface area contributed by atoms with E-state index in [0.29, 0.717) is 10.2 Å². The Balaban J connectivity index is 1.49. The average Bonchev–Trinajstić information content (AvgIpc) is 2.95. The first-order valence-electron chi connectivity index (χ1n) is 13.2. The molecule has 6 nitrogen and oxygen atoms in total. The zero-order valence-electron chi connectivity index (χ0n) is 22.5. The van der Waals surface area contributed by atoms with Crippen molar-refractivity contribution in [2.45, 2.75) is 45.3 Å². The second-order valence-corrected chi connectivity index (χ2v) is 10.4. The molecule has 0 radical (unpaired) electrons. The Morgan fingerprint density at radius 1 is 0.900 bits per heavy atom. The van der Waals surface area contributed by atoms with Crippen molar-refractivity contribution < 1.29 is 24.2 Å². The molecule has 0 bridgehead atoms. The van der Waals surface area contributed by atoms with Gasteiger partial charge in [-0.3, -0.25) is 4.79 Å². The van der Waals surface area contributed by atoms with Crippen LogP contribution < -0.4 is 14.8 Å². The number of nitrogens with one attached hydrogen (secondary N) is 1. The molecule has 40 heavy (non-hydrogen) atoms. The van der Waals surface area contributed by atoms with E-state index in [-0.39, 0.29) is 18.1 Å². The van der Waals surface area contributed by atoms with Crippen LogP contribution in [0.25, 0.3) is 11.1 Å². The van der Waals surface area contributed by atoms with Crippen molar-refractivity contribution in [3.63, 3.8) is 0 Å². The predicted octanol–water partition coefficient (Wildman–Crippen LogP) is 7.90. The van der Waals surface area contributed by atoms with Gasteiger partial charge in [-0.2, -0.15) is 0 Å². The molecule has 4 aromatic carbocycles. The van der Waals surface area contributed by atoms with E-state index in [9.17, 15) is 14.7 Å². The predicted molar refractivity (Wildman–Crippen MR) is 160 cm³/mol. The van der Waals surface area contributed by atoms with E-state index in [0.717, 1.165) is 41.0 Å². The van der Waals surface area contributed by atoms with Gasteiger partial charge in [0.25, 0.3) is 5.91 Å². The fraction of sp³-hybridized carbons (Fsp3) is 0.212. The maximum Gasteiger partial charge on any atom is 0.326 e. The molecule has 0 heterocycles. The van der Waals surface area contributed by atoms with Gasteiger partial charge in [0.15, 0.2) is 0 Å². The van der Waals surface area contributed by atoms with Gasteiger partial charge in [-0.15, -0.1) is 0 Å². The first-order chi connectivity index (χ1) is 19.3. The van der Waals surface area contributed by atoms with E-state index in [1.807, 2.05) is 85.8 Å². The van der Waals surface area contributed by atoms with Crippen molar-refractivity contribution in [3.8, 4) is 28.4 Å². The summed E-state index contributed by atoms with van der Waals surface area (Å²) >= 11 is 3.40. The molecule has 0 fully saturated rings. The first kappa shape index (κ1) is 28.9. The van der Waals surface area contributed by atoms with Gasteiger partial charge in [-0.25, -0.2) is 4.79 Å². The smallest absolute Gasteiger partial charge is 0.326 e. The molecule has 0 aliphatic rings. The largest absolute Gasteiger partial charge is 0.490 e. The lowest BCUT2D eigenvalue weighted by molar-refractivity contribution is -0.139. The number of carboxylic acids is 1. The molecule has 4 rings (SSSR count). The lowest BCUT2D eigenvalue weighted by Crippen LogP contribution is -2.42. The standard InChI is InChI=1S/C33H32BrNO5/c1-3-9-22(2)39-31-19-18-25(34)21-28(31)32(36)35-29(33(37)38)20-23-14-16-24(17-15-23)27-12-7-8-13-30(27)40-26-10-5-4-6-11-26/h4-8,10-19,21-22,29H,3,9,20H2,1-2H3,(H,35,36)(H,37,38)/t22?,29-/m0/s1. The van der Waals surface area contributed by atoms with Crippen LogP contribution in [0.3, 0.4) is 0 Å². The number of ether oxygens (including phenoxy) is 2. The van der Waals surface area contributed by atoms with Crippen LogP contribution in [0.4, 0.5) is 0 Å². The van der Waals surface area contributed by atoms with Gasteiger partial charge in [0, 0.05) is 16.5 Å². The highest BCUT2D eigenvalue weighted by atomic mass is 79.9. The van der Waals surface area contributed by atoms with Gasteiger partial charge >= 0.3 is 5.97 Å². The quantitative estimate of drug-likeness (QED) is 0.172. The molecule has 0 aliphatic heterocycles. The summed E-state index contributed by atoms with van der Waals surface area (Å²) in [5.74, 6) is 0.265. The number of carboxylic acid groups (broad SMARTS) is 1. The highest BCUT2D eigenvalue weighted by Crippen LogP contribution is 2.33. The van der Waals surface area contributed by atoms with Gasteiger partial charge in [-0.1, -0.05) is 89.9 Å². The lowest BCUT2D eigenvalue weighted by Gasteiger charge is -2.19. The monoisotopic (exact) mass is 601 g/mol. The summed E-state index contributed by atoms with van der Waals surface area (Å²) in [6, 6.07) is 29.0. The summed E-state index contributed by atoms with van der Waals surface area (Å²) in [4.78, 5) is 25.3. The number of hydrogen-bond acceptors (Lipinski definition) is 4. The van der Waals surface area contributed by atoms with E-state index in [2.05, 4.69) is 28.2 Å². The summed E-state index contributed by atoms with van der Waals surface area (Å²) in [5.41, 5.74) is 2.91. The van der Waals surface area contributed by atoms with Crippen molar-refractivity contribution in [2.24, 2.45) is 0 Å². The number of para-hydroxylation sites is 2.